The van der Waals surface area contributed by atoms with Crippen molar-refractivity contribution in [2.75, 3.05) is 12.4 Å². The number of carbonyl (C=O) groups excluding carboxylic acids is 1. The van der Waals surface area contributed by atoms with Crippen molar-refractivity contribution in [3.05, 3.63) is 59.8 Å². The highest BCUT2D eigenvalue weighted by Gasteiger charge is 2.20. The molecule has 4 rings (SSSR count). The SMILES string of the molecule is COc1cccc(NC(=O)Cc2cc(-c3ccc4c(c3)CC(C)O4)on2)c1. The van der Waals surface area contributed by atoms with Gasteiger partial charge in [0.25, 0.3) is 0 Å². The molecule has 1 unspecified atom stereocenters. The predicted octanol–water partition coefficient (Wildman–Crippen LogP) is 3.85. The second-order valence-electron chi connectivity index (χ2n) is 6.59. The highest BCUT2D eigenvalue weighted by Crippen LogP contribution is 2.33. The summed E-state index contributed by atoms with van der Waals surface area (Å²) in [6.07, 6.45) is 1.21. The second kappa shape index (κ2) is 7.15. The predicted molar refractivity (Wildman–Crippen MR) is 101 cm³/mol. The molecule has 2 aromatic carbocycles. The van der Waals surface area contributed by atoms with Gasteiger partial charge in [-0.25, -0.2) is 0 Å². The molecule has 1 amide bonds. The minimum atomic E-state index is -0.167. The summed E-state index contributed by atoms with van der Waals surface area (Å²) in [6, 6.07) is 15.0. The molecule has 138 valence electrons. The molecule has 1 N–H and O–H groups in total. The Morgan fingerprint density at radius 1 is 1.26 bits per heavy atom. The number of rotatable bonds is 5. The number of nitrogens with one attached hydrogen (secondary N) is 1. The Kier molecular flexibility index (Phi) is 4.54. The summed E-state index contributed by atoms with van der Waals surface area (Å²) in [7, 11) is 1.59. The largest absolute Gasteiger partial charge is 0.497 e. The standard InChI is InChI=1S/C21H20N2O4/c1-13-8-15-9-14(6-7-19(15)26-13)20-11-17(23-27-20)12-21(24)22-16-4-3-5-18(10-16)25-2/h3-7,9-11,13H,8,12H2,1-2H3,(H,22,24). The van der Waals surface area contributed by atoms with Gasteiger partial charge in [0.1, 0.15) is 17.6 Å². The Balaban J connectivity index is 1.43. The molecule has 6 nitrogen and oxygen atoms in total. The molecule has 0 spiro atoms. The summed E-state index contributed by atoms with van der Waals surface area (Å²) in [5, 5.41) is 6.86. The van der Waals surface area contributed by atoms with Crippen LogP contribution in [0.15, 0.2) is 53.1 Å². The van der Waals surface area contributed by atoms with E-state index in [2.05, 4.69) is 16.5 Å². The van der Waals surface area contributed by atoms with Crippen LogP contribution in [0.5, 0.6) is 11.5 Å². The van der Waals surface area contributed by atoms with E-state index in [0.717, 1.165) is 23.3 Å². The maximum Gasteiger partial charge on any atom is 0.230 e. The fraction of sp³-hybridized carbons (Fsp3) is 0.238. The number of fused-ring (bicyclic) bond motifs is 1. The first-order chi connectivity index (χ1) is 13.1. The van der Waals surface area contributed by atoms with Gasteiger partial charge in [0.05, 0.1) is 19.2 Å². The highest BCUT2D eigenvalue weighted by molar-refractivity contribution is 5.92. The zero-order valence-corrected chi connectivity index (χ0v) is 15.2. The number of hydrogen-bond donors (Lipinski definition) is 1. The number of amides is 1. The van der Waals surface area contributed by atoms with Gasteiger partial charge in [-0.05, 0) is 42.8 Å². The number of nitrogens with zero attached hydrogens (tertiary/aromatic N) is 1. The molecule has 0 saturated carbocycles. The van der Waals surface area contributed by atoms with Crippen LogP contribution in [0.4, 0.5) is 5.69 Å². The lowest BCUT2D eigenvalue weighted by Crippen LogP contribution is -2.14. The summed E-state index contributed by atoms with van der Waals surface area (Å²) in [6.45, 7) is 2.05. The van der Waals surface area contributed by atoms with E-state index in [9.17, 15) is 4.79 Å². The monoisotopic (exact) mass is 364 g/mol. The topological polar surface area (TPSA) is 73.6 Å². The van der Waals surface area contributed by atoms with Gasteiger partial charge in [-0.15, -0.1) is 0 Å². The van der Waals surface area contributed by atoms with Crippen LogP contribution in [0.2, 0.25) is 0 Å². The summed E-state index contributed by atoms with van der Waals surface area (Å²) in [5.74, 6) is 2.08. The lowest BCUT2D eigenvalue weighted by atomic mass is 10.1. The van der Waals surface area contributed by atoms with E-state index in [1.807, 2.05) is 37.3 Å². The molecule has 2 heterocycles. The van der Waals surface area contributed by atoms with Gasteiger partial charge in [0.2, 0.25) is 5.91 Å². The molecule has 0 bridgehead atoms. The first kappa shape index (κ1) is 17.1. The van der Waals surface area contributed by atoms with Gasteiger partial charge < -0.3 is 19.3 Å². The van der Waals surface area contributed by atoms with E-state index in [4.69, 9.17) is 14.0 Å². The zero-order chi connectivity index (χ0) is 18.8. The van der Waals surface area contributed by atoms with Crippen LogP contribution in [-0.2, 0) is 17.6 Å². The quantitative estimate of drug-likeness (QED) is 0.744. The van der Waals surface area contributed by atoms with Crippen LogP contribution in [0.3, 0.4) is 0 Å². The van der Waals surface area contributed by atoms with Crippen molar-refractivity contribution in [2.24, 2.45) is 0 Å². The summed E-state index contributed by atoms with van der Waals surface area (Å²) in [5.41, 5.74) is 3.35. The molecule has 0 saturated heterocycles. The Hall–Kier alpha value is -3.28. The Labute approximate surface area is 157 Å². The van der Waals surface area contributed by atoms with E-state index in [1.54, 1.807) is 19.2 Å². The van der Waals surface area contributed by atoms with Crippen molar-refractivity contribution in [3.8, 4) is 22.8 Å². The molecular formula is C21H20N2O4. The molecule has 1 aromatic heterocycles. The normalized spacial score (nSPS) is 15.1. The summed E-state index contributed by atoms with van der Waals surface area (Å²) < 4.78 is 16.3. The third kappa shape index (κ3) is 3.79. The van der Waals surface area contributed by atoms with Gasteiger partial charge >= 0.3 is 0 Å². The molecule has 6 heteroatoms. The molecule has 3 aromatic rings. The second-order valence-corrected chi connectivity index (χ2v) is 6.59. The molecule has 0 aliphatic carbocycles. The van der Waals surface area contributed by atoms with E-state index in [0.29, 0.717) is 22.9 Å². The maximum absolute atomic E-state index is 12.3. The number of ether oxygens (including phenoxy) is 2. The van der Waals surface area contributed by atoms with Crippen molar-refractivity contribution < 1.29 is 18.8 Å². The lowest BCUT2D eigenvalue weighted by Gasteiger charge is -2.05. The summed E-state index contributed by atoms with van der Waals surface area (Å²) in [4.78, 5) is 12.3. The molecule has 0 fully saturated rings. The smallest absolute Gasteiger partial charge is 0.230 e. The van der Waals surface area contributed by atoms with Gasteiger partial charge in [-0.1, -0.05) is 11.2 Å². The van der Waals surface area contributed by atoms with Crippen LogP contribution < -0.4 is 14.8 Å². The molecule has 1 aliphatic rings. The number of methoxy groups -OCH3 is 1. The van der Waals surface area contributed by atoms with Crippen LogP contribution in [-0.4, -0.2) is 24.3 Å². The minimum Gasteiger partial charge on any atom is -0.497 e. The number of benzene rings is 2. The van der Waals surface area contributed by atoms with Crippen LogP contribution >= 0.6 is 0 Å². The lowest BCUT2D eigenvalue weighted by molar-refractivity contribution is -0.115. The molecular weight excluding hydrogens is 344 g/mol. The number of carbonyl (C=O) groups is 1. The fourth-order valence-corrected chi connectivity index (χ4v) is 3.18. The maximum atomic E-state index is 12.3. The van der Waals surface area contributed by atoms with E-state index >= 15 is 0 Å². The first-order valence-corrected chi connectivity index (χ1v) is 8.80. The first-order valence-electron chi connectivity index (χ1n) is 8.80. The van der Waals surface area contributed by atoms with Gasteiger partial charge in [0, 0.05) is 29.8 Å². The number of aromatic nitrogens is 1. The molecule has 1 aliphatic heterocycles. The zero-order valence-electron chi connectivity index (χ0n) is 15.2. The van der Waals surface area contributed by atoms with Crippen LogP contribution in [0, 0.1) is 0 Å². The average Bonchev–Trinajstić information content (AvgIpc) is 3.26. The van der Waals surface area contributed by atoms with Crippen LogP contribution in [0.25, 0.3) is 11.3 Å². The average molecular weight is 364 g/mol. The fourth-order valence-electron chi connectivity index (χ4n) is 3.18. The Bertz CT molecular complexity index is 980. The van der Waals surface area contributed by atoms with Crippen molar-refractivity contribution in [3.63, 3.8) is 0 Å². The Morgan fingerprint density at radius 3 is 3.00 bits per heavy atom. The van der Waals surface area contributed by atoms with Gasteiger partial charge in [0.15, 0.2) is 5.76 Å². The van der Waals surface area contributed by atoms with Crippen molar-refractivity contribution in [1.29, 1.82) is 0 Å². The minimum absolute atomic E-state index is 0.131. The third-order valence-electron chi connectivity index (χ3n) is 4.43. The van der Waals surface area contributed by atoms with Gasteiger partial charge in [-0.2, -0.15) is 0 Å². The van der Waals surface area contributed by atoms with Crippen molar-refractivity contribution >= 4 is 11.6 Å². The number of anilines is 1. The van der Waals surface area contributed by atoms with E-state index < -0.39 is 0 Å². The van der Waals surface area contributed by atoms with E-state index in [-0.39, 0.29) is 18.4 Å². The van der Waals surface area contributed by atoms with E-state index in [1.165, 1.54) is 0 Å². The van der Waals surface area contributed by atoms with Crippen molar-refractivity contribution in [2.45, 2.75) is 25.9 Å². The van der Waals surface area contributed by atoms with Crippen molar-refractivity contribution in [1.82, 2.24) is 5.16 Å². The summed E-state index contributed by atoms with van der Waals surface area (Å²) >= 11 is 0. The van der Waals surface area contributed by atoms with Gasteiger partial charge in [-0.3, -0.25) is 4.79 Å². The molecule has 1 atom stereocenters. The molecule has 0 radical (unpaired) electrons. The highest BCUT2D eigenvalue weighted by atomic mass is 16.5. The number of hydrogen-bond acceptors (Lipinski definition) is 5. The molecule has 27 heavy (non-hydrogen) atoms. The Morgan fingerprint density at radius 2 is 2.15 bits per heavy atom. The third-order valence-corrected chi connectivity index (χ3v) is 4.43. The van der Waals surface area contributed by atoms with Crippen LogP contribution in [0.1, 0.15) is 18.2 Å².